The summed E-state index contributed by atoms with van der Waals surface area (Å²) >= 11 is 0. The first-order chi connectivity index (χ1) is 7.18. The summed E-state index contributed by atoms with van der Waals surface area (Å²) in [5.74, 6) is 0.859. The minimum Gasteiger partial charge on any atom is -0.237 e. The molecule has 0 saturated heterocycles. The maximum absolute atomic E-state index is 13.7. The number of aromatic nitrogens is 1. The molecule has 4 heteroatoms. The first-order valence-corrected chi connectivity index (χ1v) is 5.10. The smallest absolute Gasteiger partial charge is 0.199 e. The van der Waals surface area contributed by atoms with Crippen molar-refractivity contribution in [3.8, 4) is 0 Å². The molecule has 1 aliphatic rings. The van der Waals surface area contributed by atoms with Crippen molar-refractivity contribution in [3.05, 3.63) is 24.4 Å². The van der Waals surface area contributed by atoms with Gasteiger partial charge < -0.3 is 0 Å². The van der Waals surface area contributed by atoms with Crippen LogP contribution in [0.3, 0.4) is 0 Å². The number of hydrogen-bond donors (Lipinski definition) is 0. The molecular formula is C11H14FN3. The van der Waals surface area contributed by atoms with Crippen LogP contribution in [0.15, 0.2) is 29.5 Å². The zero-order chi connectivity index (χ0) is 10.8. The predicted octanol–water partition coefficient (Wildman–Crippen LogP) is 2.60. The van der Waals surface area contributed by atoms with E-state index in [4.69, 9.17) is 0 Å². The van der Waals surface area contributed by atoms with E-state index < -0.39 is 6.30 Å². The lowest BCUT2D eigenvalue weighted by molar-refractivity contribution is 0.343. The van der Waals surface area contributed by atoms with Crippen LogP contribution in [0, 0.1) is 5.92 Å². The van der Waals surface area contributed by atoms with Crippen molar-refractivity contribution in [1.82, 2.24) is 4.98 Å². The van der Waals surface area contributed by atoms with E-state index in [0.717, 1.165) is 5.71 Å². The number of hydrazone groups is 1. The second-order valence-electron chi connectivity index (χ2n) is 3.92. The van der Waals surface area contributed by atoms with E-state index in [0.29, 0.717) is 12.2 Å². The normalized spacial score (nSPS) is 20.9. The van der Waals surface area contributed by atoms with Gasteiger partial charge in [-0.05, 0) is 18.1 Å². The van der Waals surface area contributed by atoms with Gasteiger partial charge in [0.05, 0.1) is 0 Å². The fourth-order valence-electron chi connectivity index (χ4n) is 1.54. The fraction of sp³-hybridized carbons (Fsp3) is 0.455. The van der Waals surface area contributed by atoms with Gasteiger partial charge in [-0.25, -0.2) is 14.4 Å². The van der Waals surface area contributed by atoms with E-state index in [1.54, 1.807) is 18.3 Å². The summed E-state index contributed by atoms with van der Waals surface area (Å²) in [4.78, 5) is 4.08. The summed E-state index contributed by atoms with van der Waals surface area (Å²) in [5.41, 5.74) is 0.896. The van der Waals surface area contributed by atoms with E-state index in [2.05, 4.69) is 10.1 Å². The molecule has 15 heavy (non-hydrogen) atoms. The van der Waals surface area contributed by atoms with Gasteiger partial charge in [0.2, 0.25) is 0 Å². The molecule has 1 unspecified atom stereocenters. The fourth-order valence-corrected chi connectivity index (χ4v) is 1.54. The third kappa shape index (κ3) is 1.98. The average Bonchev–Trinajstić information content (AvgIpc) is 2.62. The number of rotatable bonds is 2. The molecule has 0 spiro atoms. The number of nitrogens with zero attached hydrogens (tertiary/aromatic N) is 3. The Hall–Kier alpha value is -1.45. The molecular weight excluding hydrogens is 193 g/mol. The maximum Gasteiger partial charge on any atom is 0.199 e. The quantitative estimate of drug-likeness (QED) is 0.697. The minimum atomic E-state index is -1.07. The molecule has 1 aromatic heterocycles. The molecule has 0 amide bonds. The first kappa shape index (κ1) is 10.1. The van der Waals surface area contributed by atoms with Gasteiger partial charge >= 0.3 is 0 Å². The van der Waals surface area contributed by atoms with E-state index in [-0.39, 0.29) is 5.92 Å². The van der Waals surface area contributed by atoms with Gasteiger partial charge in [0.25, 0.3) is 0 Å². The summed E-state index contributed by atoms with van der Waals surface area (Å²) < 4.78 is 13.7. The van der Waals surface area contributed by atoms with Crippen LogP contribution in [0.5, 0.6) is 0 Å². The topological polar surface area (TPSA) is 28.5 Å². The van der Waals surface area contributed by atoms with Gasteiger partial charge in [-0.15, -0.1) is 0 Å². The van der Waals surface area contributed by atoms with Crippen LogP contribution < -0.4 is 5.01 Å². The summed E-state index contributed by atoms with van der Waals surface area (Å²) in [6, 6.07) is 5.40. The summed E-state index contributed by atoms with van der Waals surface area (Å²) in [7, 11) is 0. The van der Waals surface area contributed by atoms with E-state index in [1.165, 1.54) is 5.01 Å². The molecule has 0 aliphatic carbocycles. The Morgan fingerprint density at radius 2 is 2.27 bits per heavy atom. The maximum atomic E-state index is 13.7. The molecule has 1 aromatic rings. The Bertz CT molecular complexity index is 361. The second-order valence-corrected chi connectivity index (χ2v) is 3.92. The highest BCUT2D eigenvalue weighted by Gasteiger charge is 2.29. The third-order valence-corrected chi connectivity index (χ3v) is 2.43. The number of alkyl halides is 1. The van der Waals surface area contributed by atoms with Gasteiger partial charge in [0.15, 0.2) is 12.1 Å². The number of pyridine rings is 1. The van der Waals surface area contributed by atoms with E-state index in [1.807, 2.05) is 19.9 Å². The van der Waals surface area contributed by atoms with Crippen LogP contribution in [-0.2, 0) is 0 Å². The van der Waals surface area contributed by atoms with Crippen molar-refractivity contribution in [2.24, 2.45) is 11.0 Å². The zero-order valence-electron chi connectivity index (χ0n) is 8.89. The minimum absolute atomic E-state index is 0.289. The molecule has 0 radical (unpaired) electrons. The highest BCUT2D eigenvalue weighted by molar-refractivity contribution is 5.89. The Morgan fingerprint density at radius 3 is 2.80 bits per heavy atom. The largest absolute Gasteiger partial charge is 0.237 e. The molecule has 1 atom stereocenters. The monoisotopic (exact) mass is 207 g/mol. The molecule has 1 aliphatic heterocycles. The molecule has 0 fully saturated rings. The van der Waals surface area contributed by atoms with Gasteiger partial charge in [-0.2, -0.15) is 5.10 Å². The van der Waals surface area contributed by atoms with Crippen molar-refractivity contribution < 1.29 is 4.39 Å². The first-order valence-electron chi connectivity index (χ1n) is 5.10. The lowest BCUT2D eigenvalue weighted by Gasteiger charge is -2.14. The number of halogens is 1. The van der Waals surface area contributed by atoms with Crippen LogP contribution in [0.1, 0.15) is 20.3 Å². The van der Waals surface area contributed by atoms with Crippen LogP contribution in [0.4, 0.5) is 10.2 Å². The van der Waals surface area contributed by atoms with Crippen LogP contribution in [0.25, 0.3) is 0 Å². The molecule has 3 nitrogen and oxygen atoms in total. The van der Waals surface area contributed by atoms with Crippen molar-refractivity contribution in [1.29, 1.82) is 0 Å². The van der Waals surface area contributed by atoms with Gasteiger partial charge in [-0.1, -0.05) is 19.9 Å². The Kier molecular flexibility index (Phi) is 2.66. The molecule has 0 bridgehead atoms. The van der Waals surface area contributed by atoms with Gasteiger partial charge in [0, 0.05) is 18.3 Å². The van der Waals surface area contributed by atoms with Crippen molar-refractivity contribution >= 4 is 11.5 Å². The molecule has 0 aromatic carbocycles. The zero-order valence-corrected chi connectivity index (χ0v) is 8.89. The Morgan fingerprint density at radius 1 is 1.47 bits per heavy atom. The number of anilines is 1. The van der Waals surface area contributed by atoms with Crippen molar-refractivity contribution in [3.63, 3.8) is 0 Å². The van der Waals surface area contributed by atoms with E-state index in [9.17, 15) is 4.39 Å². The van der Waals surface area contributed by atoms with Crippen molar-refractivity contribution in [2.75, 3.05) is 5.01 Å². The Labute approximate surface area is 88.6 Å². The summed E-state index contributed by atoms with van der Waals surface area (Å²) in [6.07, 6.45) is 0.955. The molecule has 2 rings (SSSR count). The second kappa shape index (κ2) is 3.96. The van der Waals surface area contributed by atoms with Crippen molar-refractivity contribution in [2.45, 2.75) is 26.6 Å². The lowest BCUT2D eigenvalue weighted by Crippen LogP contribution is -2.22. The SMILES string of the molecule is CC(C)C1=NN(c2ccccn2)C(F)C1. The summed E-state index contributed by atoms with van der Waals surface area (Å²) in [6.45, 7) is 4.04. The molecule has 2 heterocycles. The third-order valence-electron chi connectivity index (χ3n) is 2.43. The van der Waals surface area contributed by atoms with Crippen LogP contribution >= 0.6 is 0 Å². The average molecular weight is 207 g/mol. The highest BCUT2D eigenvalue weighted by Crippen LogP contribution is 2.25. The Balaban J connectivity index is 2.24. The number of hydrogen-bond acceptors (Lipinski definition) is 3. The van der Waals surface area contributed by atoms with Crippen LogP contribution in [0.2, 0.25) is 0 Å². The molecule has 0 N–H and O–H groups in total. The predicted molar refractivity (Wildman–Crippen MR) is 58.5 cm³/mol. The highest BCUT2D eigenvalue weighted by atomic mass is 19.1. The molecule has 80 valence electrons. The van der Waals surface area contributed by atoms with E-state index >= 15 is 0 Å². The standard InChI is InChI=1S/C11H14FN3/c1-8(2)9-7-10(12)15(14-9)11-5-3-4-6-13-11/h3-6,8,10H,7H2,1-2H3. The lowest BCUT2D eigenvalue weighted by atomic mass is 10.1. The van der Waals surface area contributed by atoms with Gasteiger partial charge in [0.1, 0.15) is 0 Å². The summed E-state index contributed by atoms with van der Waals surface area (Å²) in [5, 5.41) is 5.61. The van der Waals surface area contributed by atoms with Crippen LogP contribution in [-0.4, -0.2) is 17.0 Å². The molecule has 0 saturated carbocycles. The van der Waals surface area contributed by atoms with Gasteiger partial charge in [-0.3, -0.25) is 0 Å².